The van der Waals surface area contributed by atoms with Crippen LogP contribution in [0.15, 0.2) is 48.5 Å². The lowest BCUT2D eigenvalue weighted by molar-refractivity contribution is 0.0709. The lowest BCUT2D eigenvalue weighted by atomic mass is 10.1. The van der Waals surface area contributed by atoms with Gasteiger partial charge in [0.1, 0.15) is 0 Å². The number of aryl methyl sites for hydroxylation is 1. The van der Waals surface area contributed by atoms with Crippen LogP contribution in [0.4, 0.5) is 0 Å². The number of piperazine rings is 1. The molecule has 4 nitrogen and oxygen atoms in total. The van der Waals surface area contributed by atoms with Crippen molar-refractivity contribution in [2.24, 2.45) is 0 Å². The molecule has 1 saturated heterocycles. The minimum Gasteiger partial charge on any atom is -0.336 e. The Hall–Kier alpha value is -2.43. The molecule has 2 aromatic carbocycles. The third-order valence-electron chi connectivity index (χ3n) is 5.01. The number of nitrogens with one attached hydrogen (secondary N) is 1. The monoisotopic (exact) mass is 379 g/mol. The highest BCUT2D eigenvalue weighted by atomic mass is 35.5. The van der Waals surface area contributed by atoms with Crippen molar-refractivity contribution < 1.29 is 4.79 Å². The van der Waals surface area contributed by atoms with E-state index in [0.29, 0.717) is 23.2 Å². The topological polar surface area (TPSA) is 45.2 Å². The van der Waals surface area contributed by atoms with E-state index in [9.17, 15) is 4.79 Å². The van der Waals surface area contributed by atoms with Crippen LogP contribution in [0.2, 0.25) is 5.02 Å². The summed E-state index contributed by atoms with van der Waals surface area (Å²) in [5.41, 5.74) is 4.42. The molecule has 5 heteroatoms. The lowest BCUT2D eigenvalue weighted by Gasteiger charge is -2.32. The molecule has 4 rings (SSSR count). The van der Waals surface area contributed by atoms with Crippen LogP contribution < -0.4 is 5.32 Å². The number of hydrogen-bond donors (Lipinski definition) is 1. The van der Waals surface area contributed by atoms with E-state index in [2.05, 4.69) is 31.3 Å². The van der Waals surface area contributed by atoms with Gasteiger partial charge < -0.3 is 10.2 Å². The molecule has 1 N–H and O–H groups in total. The molecule has 27 heavy (non-hydrogen) atoms. The fraction of sp³-hybridized carbons (Fsp3) is 0.273. The summed E-state index contributed by atoms with van der Waals surface area (Å²) in [4.78, 5) is 19.6. The number of rotatable bonds is 2. The summed E-state index contributed by atoms with van der Waals surface area (Å²) in [6, 6.07) is 16.0. The summed E-state index contributed by atoms with van der Waals surface area (Å²) < 4.78 is 0. The first-order chi connectivity index (χ1) is 13.0. The Kier molecular flexibility index (Phi) is 4.85. The highest BCUT2D eigenvalue weighted by molar-refractivity contribution is 6.35. The standard InChI is InChI=1S/C22H22ClN3O/c1-14-3-5-16(6-4-14)20-12-19(23)18-8-7-17(11-21(18)25-20)22(27)26-10-9-24-15(2)13-26/h3-8,11-12,15,24H,9-10,13H2,1-2H3/t15-/m1/s1. The fourth-order valence-corrected chi connectivity index (χ4v) is 3.75. The van der Waals surface area contributed by atoms with Gasteiger partial charge in [0, 0.05) is 42.2 Å². The van der Waals surface area contributed by atoms with Crippen molar-refractivity contribution in [3.63, 3.8) is 0 Å². The first-order valence-electron chi connectivity index (χ1n) is 9.21. The summed E-state index contributed by atoms with van der Waals surface area (Å²) in [5, 5.41) is 4.86. The number of nitrogens with zero attached hydrogens (tertiary/aromatic N) is 2. The zero-order chi connectivity index (χ0) is 19.0. The molecule has 2 heterocycles. The second-order valence-electron chi connectivity index (χ2n) is 7.19. The Balaban J connectivity index is 1.72. The van der Waals surface area contributed by atoms with E-state index in [4.69, 9.17) is 16.6 Å². The van der Waals surface area contributed by atoms with Gasteiger partial charge in [-0.15, -0.1) is 0 Å². The highest BCUT2D eigenvalue weighted by Crippen LogP contribution is 2.29. The quantitative estimate of drug-likeness (QED) is 0.722. The largest absolute Gasteiger partial charge is 0.336 e. The Morgan fingerprint density at radius 2 is 1.96 bits per heavy atom. The van der Waals surface area contributed by atoms with E-state index in [1.165, 1.54) is 5.56 Å². The first-order valence-corrected chi connectivity index (χ1v) is 9.59. The Morgan fingerprint density at radius 1 is 1.19 bits per heavy atom. The molecule has 3 aromatic rings. The second kappa shape index (κ2) is 7.29. The SMILES string of the molecule is Cc1ccc(-c2cc(Cl)c3ccc(C(=O)N4CCN[C@H](C)C4)cc3n2)cc1. The van der Waals surface area contributed by atoms with E-state index < -0.39 is 0 Å². The molecule has 0 bridgehead atoms. The number of aromatic nitrogens is 1. The summed E-state index contributed by atoms with van der Waals surface area (Å²) >= 11 is 6.50. The molecule has 0 saturated carbocycles. The van der Waals surface area contributed by atoms with Crippen molar-refractivity contribution >= 4 is 28.4 Å². The maximum Gasteiger partial charge on any atom is 0.254 e. The number of amides is 1. The minimum atomic E-state index is 0.0453. The Morgan fingerprint density at radius 3 is 2.70 bits per heavy atom. The van der Waals surface area contributed by atoms with Crippen LogP contribution in [-0.4, -0.2) is 41.5 Å². The van der Waals surface area contributed by atoms with Gasteiger partial charge in [-0.2, -0.15) is 0 Å². The van der Waals surface area contributed by atoms with Gasteiger partial charge in [0.2, 0.25) is 0 Å². The maximum atomic E-state index is 12.9. The number of benzene rings is 2. The molecule has 0 unspecified atom stereocenters. The average molecular weight is 380 g/mol. The number of carbonyl (C=O) groups excluding carboxylic acids is 1. The van der Waals surface area contributed by atoms with E-state index in [1.807, 2.05) is 41.3 Å². The number of halogens is 1. The molecule has 1 aromatic heterocycles. The Labute approximate surface area is 164 Å². The molecular formula is C22H22ClN3O. The molecule has 1 fully saturated rings. The van der Waals surface area contributed by atoms with Crippen molar-refractivity contribution in [1.29, 1.82) is 0 Å². The second-order valence-corrected chi connectivity index (χ2v) is 7.60. The van der Waals surface area contributed by atoms with Crippen LogP contribution in [0.25, 0.3) is 22.2 Å². The van der Waals surface area contributed by atoms with Crippen molar-refractivity contribution in [3.05, 3.63) is 64.7 Å². The fourth-order valence-electron chi connectivity index (χ4n) is 3.49. The smallest absolute Gasteiger partial charge is 0.254 e. The van der Waals surface area contributed by atoms with Gasteiger partial charge in [0.25, 0.3) is 5.91 Å². The molecule has 1 atom stereocenters. The van der Waals surface area contributed by atoms with Gasteiger partial charge in [0.05, 0.1) is 16.2 Å². The highest BCUT2D eigenvalue weighted by Gasteiger charge is 2.22. The number of carbonyl (C=O) groups is 1. The van der Waals surface area contributed by atoms with Gasteiger partial charge in [-0.3, -0.25) is 4.79 Å². The van der Waals surface area contributed by atoms with Crippen molar-refractivity contribution in [2.45, 2.75) is 19.9 Å². The predicted molar refractivity (Wildman–Crippen MR) is 110 cm³/mol. The van der Waals surface area contributed by atoms with E-state index in [0.717, 1.165) is 35.2 Å². The lowest BCUT2D eigenvalue weighted by Crippen LogP contribution is -2.51. The first kappa shape index (κ1) is 18.0. The molecular weight excluding hydrogens is 358 g/mol. The van der Waals surface area contributed by atoms with Crippen molar-refractivity contribution in [1.82, 2.24) is 15.2 Å². The summed E-state index contributed by atoms with van der Waals surface area (Å²) in [6.07, 6.45) is 0. The van der Waals surface area contributed by atoms with E-state index in [-0.39, 0.29) is 5.91 Å². The number of fused-ring (bicyclic) bond motifs is 1. The summed E-state index contributed by atoms with van der Waals surface area (Å²) in [5.74, 6) is 0.0453. The normalized spacial score (nSPS) is 17.3. The predicted octanol–water partition coefficient (Wildman–Crippen LogP) is 4.30. The Bertz CT molecular complexity index is 1000. The number of hydrogen-bond acceptors (Lipinski definition) is 3. The van der Waals surface area contributed by atoms with Gasteiger partial charge in [-0.25, -0.2) is 4.98 Å². The molecule has 1 aliphatic heterocycles. The maximum absolute atomic E-state index is 12.9. The van der Waals surface area contributed by atoms with E-state index in [1.54, 1.807) is 0 Å². The third-order valence-corrected chi connectivity index (χ3v) is 5.32. The molecule has 138 valence electrons. The summed E-state index contributed by atoms with van der Waals surface area (Å²) in [6.45, 7) is 6.41. The third kappa shape index (κ3) is 3.68. The molecule has 0 radical (unpaired) electrons. The average Bonchev–Trinajstić information content (AvgIpc) is 2.67. The zero-order valence-electron chi connectivity index (χ0n) is 15.5. The van der Waals surface area contributed by atoms with Gasteiger partial charge in [-0.1, -0.05) is 47.5 Å². The number of pyridine rings is 1. The summed E-state index contributed by atoms with van der Waals surface area (Å²) in [7, 11) is 0. The molecule has 1 amide bonds. The zero-order valence-corrected chi connectivity index (χ0v) is 16.3. The van der Waals surface area contributed by atoms with Crippen molar-refractivity contribution in [2.75, 3.05) is 19.6 Å². The van der Waals surface area contributed by atoms with Crippen LogP contribution in [0.1, 0.15) is 22.8 Å². The molecule has 0 aliphatic carbocycles. The molecule has 1 aliphatic rings. The van der Waals surface area contributed by atoms with Crippen LogP contribution in [0.5, 0.6) is 0 Å². The van der Waals surface area contributed by atoms with Crippen LogP contribution in [-0.2, 0) is 0 Å². The van der Waals surface area contributed by atoms with Gasteiger partial charge in [0.15, 0.2) is 0 Å². The minimum absolute atomic E-state index is 0.0453. The van der Waals surface area contributed by atoms with Crippen molar-refractivity contribution in [3.8, 4) is 11.3 Å². The van der Waals surface area contributed by atoms with Crippen LogP contribution in [0, 0.1) is 6.92 Å². The van der Waals surface area contributed by atoms with Crippen LogP contribution in [0.3, 0.4) is 0 Å². The van der Waals surface area contributed by atoms with Gasteiger partial charge >= 0.3 is 0 Å². The van der Waals surface area contributed by atoms with Gasteiger partial charge in [-0.05, 0) is 32.0 Å². The van der Waals surface area contributed by atoms with Crippen LogP contribution >= 0.6 is 11.6 Å². The van der Waals surface area contributed by atoms with E-state index >= 15 is 0 Å². The molecule has 0 spiro atoms.